The summed E-state index contributed by atoms with van der Waals surface area (Å²) < 4.78 is 12.9. The van der Waals surface area contributed by atoms with Crippen molar-refractivity contribution in [3.05, 3.63) is 63.6 Å². The number of hydrogen-bond donors (Lipinski definition) is 1. The van der Waals surface area contributed by atoms with E-state index in [1.54, 1.807) is 16.5 Å². The fraction of sp³-hybridized carbons (Fsp3) is 0.381. The summed E-state index contributed by atoms with van der Waals surface area (Å²) in [4.78, 5) is 39.5. The van der Waals surface area contributed by atoms with Crippen LogP contribution in [-0.2, 0) is 11.3 Å². The lowest BCUT2D eigenvalue weighted by Gasteiger charge is -2.52. The van der Waals surface area contributed by atoms with Crippen LogP contribution in [0.4, 0.5) is 0 Å². The van der Waals surface area contributed by atoms with E-state index in [0.717, 1.165) is 5.56 Å². The molecule has 2 atom stereocenters. The van der Waals surface area contributed by atoms with Gasteiger partial charge >= 0.3 is 5.97 Å². The number of aromatic nitrogens is 1. The molecule has 8 heteroatoms. The van der Waals surface area contributed by atoms with Crippen molar-refractivity contribution in [2.24, 2.45) is 0 Å². The Morgan fingerprint density at radius 1 is 1.31 bits per heavy atom. The number of fused-ring (bicyclic) bond motifs is 3. The van der Waals surface area contributed by atoms with E-state index in [1.807, 2.05) is 37.3 Å². The molecule has 1 saturated heterocycles. The lowest BCUT2D eigenvalue weighted by atomic mass is 9.82. The lowest BCUT2D eigenvalue weighted by molar-refractivity contribution is -0.0530. The molecule has 1 aromatic carbocycles. The number of rotatable bonds is 4. The van der Waals surface area contributed by atoms with Gasteiger partial charge in [-0.05, 0) is 18.9 Å². The molecule has 2 aromatic rings. The Bertz CT molecular complexity index is 1030. The van der Waals surface area contributed by atoms with E-state index in [9.17, 15) is 19.5 Å². The predicted molar refractivity (Wildman–Crippen MR) is 103 cm³/mol. The topological polar surface area (TPSA) is 98.1 Å². The van der Waals surface area contributed by atoms with Crippen molar-refractivity contribution in [3.63, 3.8) is 0 Å². The molecule has 0 unspecified atom stereocenters. The van der Waals surface area contributed by atoms with Crippen molar-refractivity contribution < 1.29 is 24.2 Å². The number of nitrogens with zero attached hydrogens (tertiary/aromatic N) is 2. The summed E-state index contributed by atoms with van der Waals surface area (Å²) in [6.45, 7) is 2.80. The summed E-state index contributed by atoms with van der Waals surface area (Å²) in [7, 11) is 1.70. The van der Waals surface area contributed by atoms with Crippen LogP contribution in [0.2, 0.25) is 0 Å². The zero-order valence-electron chi connectivity index (χ0n) is 16.3. The van der Waals surface area contributed by atoms with Gasteiger partial charge in [-0.1, -0.05) is 30.3 Å². The third-order valence-corrected chi connectivity index (χ3v) is 6.00. The average molecular weight is 398 g/mol. The molecule has 0 saturated carbocycles. The standard InChI is InChI=1S/C21H22N2O6/c1-21-8-9-28-12-15(21)23-10-14(20(26)27)17(24)18(16(23)19(25)22(21)2)29-11-13-6-4-3-5-7-13/h3-7,10,15H,8-9,11-12H2,1-2H3,(H,26,27)/t15-,21+/m0/s1. The highest BCUT2D eigenvalue weighted by Gasteiger charge is 2.50. The second-order valence-electron chi connectivity index (χ2n) is 7.60. The Morgan fingerprint density at radius 3 is 2.72 bits per heavy atom. The van der Waals surface area contributed by atoms with Crippen LogP contribution >= 0.6 is 0 Å². The van der Waals surface area contributed by atoms with Crippen LogP contribution in [-0.4, -0.2) is 52.3 Å². The first-order valence-corrected chi connectivity index (χ1v) is 9.39. The molecular weight excluding hydrogens is 376 g/mol. The summed E-state index contributed by atoms with van der Waals surface area (Å²) in [5.74, 6) is -1.97. The van der Waals surface area contributed by atoms with E-state index in [-0.39, 0.29) is 30.0 Å². The van der Waals surface area contributed by atoms with Crippen molar-refractivity contribution in [1.82, 2.24) is 9.47 Å². The second-order valence-corrected chi connectivity index (χ2v) is 7.60. The van der Waals surface area contributed by atoms with Gasteiger partial charge in [0, 0.05) is 19.9 Å². The molecule has 2 aliphatic rings. The molecule has 3 heterocycles. The Balaban J connectivity index is 1.88. The highest BCUT2D eigenvalue weighted by molar-refractivity contribution is 5.98. The molecule has 1 amide bonds. The van der Waals surface area contributed by atoms with Crippen LogP contribution in [0.15, 0.2) is 41.3 Å². The SMILES string of the molecule is CN1C(=O)c2c(OCc3ccccc3)c(=O)c(C(=O)O)cn2[C@H]2COCC[C@]21C. The zero-order valence-corrected chi connectivity index (χ0v) is 16.3. The van der Waals surface area contributed by atoms with E-state index >= 15 is 0 Å². The van der Waals surface area contributed by atoms with Gasteiger partial charge in [0.1, 0.15) is 12.2 Å². The summed E-state index contributed by atoms with van der Waals surface area (Å²) in [5, 5.41) is 9.56. The highest BCUT2D eigenvalue weighted by Crippen LogP contribution is 2.42. The first-order valence-electron chi connectivity index (χ1n) is 9.39. The number of amides is 1. The minimum Gasteiger partial charge on any atom is -0.483 e. The summed E-state index contributed by atoms with van der Waals surface area (Å²) in [5.41, 5.74) is -0.923. The summed E-state index contributed by atoms with van der Waals surface area (Å²) in [6, 6.07) is 8.84. The smallest absolute Gasteiger partial charge is 0.341 e. The molecule has 1 aromatic heterocycles. The van der Waals surface area contributed by atoms with Gasteiger partial charge in [-0.3, -0.25) is 9.59 Å². The van der Waals surface area contributed by atoms with Gasteiger partial charge in [-0.15, -0.1) is 0 Å². The molecular formula is C21H22N2O6. The van der Waals surface area contributed by atoms with Gasteiger partial charge in [0.2, 0.25) is 5.43 Å². The van der Waals surface area contributed by atoms with Gasteiger partial charge in [0.25, 0.3) is 5.91 Å². The molecule has 29 heavy (non-hydrogen) atoms. The summed E-state index contributed by atoms with van der Waals surface area (Å²) >= 11 is 0. The van der Waals surface area contributed by atoms with E-state index in [1.165, 1.54) is 6.20 Å². The van der Waals surface area contributed by atoms with Gasteiger partial charge in [-0.2, -0.15) is 0 Å². The van der Waals surface area contributed by atoms with Crippen LogP contribution in [0.3, 0.4) is 0 Å². The average Bonchev–Trinajstić information content (AvgIpc) is 2.71. The molecule has 1 N–H and O–H groups in total. The monoisotopic (exact) mass is 398 g/mol. The van der Waals surface area contributed by atoms with Gasteiger partial charge < -0.3 is 24.0 Å². The Kier molecular flexibility index (Phi) is 4.66. The molecule has 0 spiro atoms. The number of benzene rings is 1. The number of likely N-dealkylation sites (N-methyl/N-ethyl adjacent to an activating group) is 1. The van der Waals surface area contributed by atoms with Crippen LogP contribution in [0, 0.1) is 0 Å². The third-order valence-electron chi connectivity index (χ3n) is 6.00. The van der Waals surface area contributed by atoms with Crippen LogP contribution in [0.5, 0.6) is 5.75 Å². The van der Waals surface area contributed by atoms with Gasteiger partial charge in [-0.25, -0.2) is 4.79 Å². The number of carboxylic acids is 1. The van der Waals surface area contributed by atoms with E-state index in [2.05, 4.69) is 0 Å². The Hall–Kier alpha value is -3.13. The second kappa shape index (κ2) is 7.04. The van der Waals surface area contributed by atoms with Crippen molar-refractivity contribution in [3.8, 4) is 5.75 Å². The maximum Gasteiger partial charge on any atom is 0.341 e. The number of aromatic carboxylic acids is 1. The van der Waals surface area contributed by atoms with Crippen molar-refractivity contribution in [2.45, 2.75) is 31.5 Å². The summed E-state index contributed by atoms with van der Waals surface area (Å²) in [6.07, 6.45) is 1.85. The van der Waals surface area contributed by atoms with Crippen LogP contribution < -0.4 is 10.2 Å². The normalized spacial score (nSPS) is 23.3. The van der Waals surface area contributed by atoms with E-state index in [4.69, 9.17) is 9.47 Å². The number of ether oxygens (including phenoxy) is 2. The van der Waals surface area contributed by atoms with Crippen molar-refractivity contribution >= 4 is 11.9 Å². The highest BCUT2D eigenvalue weighted by atomic mass is 16.5. The minimum atomic E-state index is -1.36. The number of pyridine rings is 1. The first-order chi connectivity index (χ1) is 13.8. The molecule has 8 nitrogen and oxygen atoms in total. The molecule has 4 rings (SSSR count). The number of carbonyl (C=O) groups excluding carboxylic acids is 1. The predicted octanol–water partition coefficient (Wildman–Crippen LogP) is 1.93. The van der Waals surface area contributed by atoms with Crippen LogP contribution in [0.25, 0.3) is 0 Å². The molecule has 0 radical (unpaired) electrons. The maximum absolute atomic E-state index is 13.2. The van der Waals surface area contributed by atoms with E-state index < -0.39 is 22.5 Å². The Labute approximate surface area is 167 Å². The number of carbonyl (C=O) groups is 2. The zero-order chi connectivity index (χ0) is 20.8. The first kappa shape index (κ1) is 19.2. The molecule has 2 aliphatic heterocycles. The molecule has 152 valence electrons. The van der Waals surface area contributed by atoms with Crippen molar-refractivity contribution in [2.75, 3.05) is 20.3 Å². The van der Waals surface area contributed by atoms with E-state index in [0.29, 0.717) is 19.6 Å². The van der Waals surface area contributed by atoms with Gasteiger partial charge in [0.15, 0.2) is 11.4 Å². The quantitative estimate of drug-likeness (QED) is 0.845. The fourth-order valence-electron chi connectivity index (χ4n) is 4.06. The number of carboxylic acid groups (broad SMARTS) is 1. The number of hydrogen-bond acceptors (Lipinski definition) is 5. The molecule has 0 bridgehead atoms. The minimum absolute atomic E-state index is 0.0432. The Morgan fingerprint density at radius 2 is 2.03 bits per heavy atom. The lowest BCUT2D eigenvalue weighted by Crippen LogP contribution is -2.61. The van der Waals surface area contributed by atoms with Crippen LogP contribution in [0.1, 0.15) is 45.8 Å². The largest absolute Gasteiger partial charge is 0.483 e. The maximum atomic E-state index is 13.2. The fourth-order valence-corrected chi connectivity index (χ4v) is 4.06. The van der Waals surface area contributed by atoms with Gasteiger partial charge in [0.05, 0.1) is 18.2 Å². The molecule has 1 fully saturated rings. The third kappa shape index (κ3) is 3.00. The van der Waals surface area contributed by atoms with Crippen molar-refractivity contribution in [1.29, 1.82) is 0 Å². The molecule has 0 aliphatic carbocycles.